The van der Waals surface area contributed by atoms with Crippen molar-refractivity contribution in [2.24, 2.45) is 0 Å². The first-order chi connectivity index (χ1) is 9.00. The molecule has 0 aromatic carbocycles. The standard InChI is InChI=1S/C11H13IN4O3/c1-4-7(17)8(18)11(19-4)16-2-5(12)6-9(13)14-3-15-10(6)16/h2-4,7-8,11,17-18H,1H3,(H2,13,14,15)/t4-,7+,8-,11-/m1/s1. The summed E-state index contributed by atoms with van der Waals surface area (Å²) in [6, 6.07) is 0. The van der Waals surface area contributed by atoms with E-state index in [9.17, 15) is 10.2 Å². The van der Waals surface area contributed by atoms with E-state index >= 15 is 0 Å². The Balaban J connectivity index is 2.14. The monoisotopic (exact) mass is 376 g/mol. The van der Waals surface area contributed by atoms with E-state index in [1.165, 1.54) is 6.33 Å². The molecule has 0 unspecified atom stereocenters. The van der Waals surface area contributed by atoms with Gasteiger partial charge in [0.1, 0.15) is 30.0 Å². The number of aliphatic hydroxyl groups excluding tert-OH is 2. The molecule has 4 atom stereocenters. The smallest absolute Gasteiger partial charge is 0.164 e. The molecule has 1 saturated heterocycles. The number of aliphatic hydroxyl groups is 2. The summed E-state index contributed by atoms with van der Waals surface area (Å²) >= 11 is 2.13. The summed E-state index contributed by atoms with van der Waals surface area (Å²) in [6.45, 7) is 1.72. The number of hydrogen-bond donors (Lipinski definition) is 3. The van der Waals surface area contributed by atoms with E-state index in [0.29, 0.717) is 11.5 Å². The van der Waals surface area contributed by atoms with E-state index in [0.717, 1.165) is 8.96 Å². The summed E-state index contributed by atoms with van der Waals surface area (Å²) in [5, 5.41) is 20.6. The fraction of sp³-hybridized carbons (Fsp3) is 0.455. The summed E-state index contributed by atoms with van der Waals surface area (Å²) in [6.07, 6.45) is 0.122. The van der Waals surface area contributed by atoms with Gasteiger partial charge in [0.05, 0.1) is 11.5 Å². The molecule has 102 valence electrons. The Bertz CT molecular complexity index is 632. The van der Waals surface area contributed by atoms with Crippen LogP contribution in [0.2, 0.25) is 0 Å². The highest BCUT2D eigenvalue weighted by Crippen LogP contribution is 2.34. The molecular weight excluding hydrogens is 363 g/mol. The Hall–Kier alpha value is -0.970. The lowest BCUT2D eigenvalue weighted by Crippen LogP contribution is -2.30. The van der Waals surface area contributed by atoms with Gasteiger partial charge in [0.2, 0.25) is 0 Å². The van der Waals surface area contributed by atoms with Gasteiger partial charge in [0.15, 0.2) is 6.23 Å². The van der Waals surface area contributed by atoms with E-state index in [4.69, 9.17) is 10.5 Å². The van der Waals surface area contributed by atoms with Gasteiger partial charge in [0.25, 0.3) is 0 Å². The molecule has 1 fully saturated rings. The van der Waals surface area contributed by atoms with Crippen molar-refractivity contribution in [3.05, 3.63) is 16.1 Å². The zero-order valence-electron chi connectivity index (χ0n) is 10.1. The maximum absolute atomic E-state index is 10.0. The molecule has 3 heterocycles. The maximum Gasteiger partial charge on any atom is 0.164 e. The summed E-state index contributed by atoms with van der Waals surface area (Å²) in [5.41, 5.74) is 6.42. The highest BCUT2D eigenvalue weighted by molar-refractivity contribution is 14.1. The number of fused-ring (bicyclic) bond motifs is 1. The van der Waals surface area contributed by atoms with Gasteiger partial charge >= 0.3 is 0 Å². The fourth-order valence-corrected chi connectivity index (χ4v) is 3.13. The summed E-state index contributed by atoms with van der Waals surface area (Å²) < 4.78 is 8.15. The zero-order chi connectivity index (χ0) is 13.7. The summed E-state index contributed by atoms with van der Waals surface area (Å²) in [5.74, 6) is 0.384. The first-order valence-corrected chi connectivity index (χ1v) is 6.86. The largest absolute Gasteiger partial charge is 0.388 e. The van der Waals surface area contributed by atoms with Crippen LogP contribution in [0.5, 0.6) is 0 Å². The Labute approximate surface area is 122 Å². The third kappa shape index (κ3) is 1.90. The van der Waals surface area contributed by atoms with Gasteiger partial charge in [-0.1, -0.05) is 0 Å². The van der Waals surface area contributed by atoms with Crippen molar-refractivity contribution in [3.8, 4) is 0 Å². The summed E-state index contributed by atoms with van der Waals surface area (Å²) in [4.78, 5) is 8.14. The van der Waals surface area contributed by atoms with Crippen molar-refractivity contribution >= 4 is 39.4 Å². The van der Waals surface area contributed by atoms with Crippen LogP contribution in [0, 0.1) is 3.57 Å². The lowest BCUT2D eigenvalue weighted by Gasteiger charge is -2.17. The maximum atomic E-state index is 10.0. The van der Waals surface area contributed by atoms with Crippen molar-refractivity contribution in [2.75, 3.05) is 5.73 Å². The van der Waals surface area contributed by atoms with Crippen molar-refractivity contribution in [1.29, 1.82) is 0 Å². The molecule has 3 rings (SSSR count). The molecule has 7 nitrogen and oxygen atoms in total. The van der Waals surface area contributed by atoms with Gasteiger partial charge in [0, 0.05) is 9.77 Å². The van der Waals surface area contributed by atoms with E-state index in [-0.39, 0.29) is 0 Å². The van der Waals surface area contributed by atoms with Crippen LogP contribution in [-0.4, -0.2) is 43.1 Å². The van der Waals surface area contributed by atoms with Gasteiger partial charge in [-0.2, -0.15) is 0 Å². The van der Waals surface area contributed by atoms with E-state index < -0.39 is 24.5 Å². The van der Waals surface area contributed by atoms with Gasteiger partial charge in [-0.3, -0.25) is 0 Å². The lowest BCUT2D eigenvalue weighted by molar-refractivity contribution is -0.0297. The van der Waals surface area contributed by atoms with Crippen LogP contribution in [-0.2, 0) is 4.74 Å². The molecular formula is C11H13IN4O3. The Kier molecular flexibility index (Phi) is 3.12. The molecule has 8 heteroatoms. The van der Waals surface area contributed by atoms with Crippen LogP contribution < -0.4 is 5.73 Å². The third-order valence-electron chi connectivity index (χ3n) is 3.34. The number of anilines is 1. The van der Waals surface area contributed by atoms with Crippen LogP contribution in [0.25, 0.3) is 11.0 Å². The first kappa shape index (κ1) is 13.0. The SMILES string of the molecule is C[C@H]1O[C@@H](n2cc(I)c3c(N)ncnc32)[C@H](O)[C@H]1O. The number of nitrogens with two attached hydrogens (primary N) is 1. The molecule has 1 aliphatic rings. The molecule has 0 bridgehead atoms. The van der Waals surface area contributed by atoms with Crippen molar-refractivity contribution < 1.29 is 14.9 Å². The number of ether oxygens (including phenoxy) is 1. The second-order valence-electron chi connectivity index (χ2n) is 4.55. The molecule has 0 spiro atoms. The molecule has 0 saturated carbocycles. The number of halogens is 1. The normalized spacial score (nSPS) is 31.2. The lowest BCUT2D eigenvalue weighted by atomic mass is 10.1. The molecule has 19 heavy (non-hydrogen) atoms. The van der Waals surface area contributed by atoms with Crippen molar-refractivity contribution in [1.82, 2.24) is 14.5 Å². The van der Waals surface area contributed by atoms with Gasteiger partial charge < -0.3 is 25.3 Å². The molecule has 2 aromatic heterocycles. The number of hydrogen-bond acceptors (Lipinski definition) is 6. The minimum atomic E-state index is -1.00. The average Bonchev–Trinajstić information content (AvgIpc) is 2.83. The Morgan fingerprint density at radius 1 is 1.37 bits per heavy atom. The van der Waals surface area contributed by atoms with Crippen molar-refractivity contribution in [3.63, 3.8) is 0 Å². The van der Waals surface area contributed by atoms with E-state index in [1.807, 2.05) is 0 Å². The van der Waals surface area contributed by atoms with Crippen LogP contribution in [0.15, 0.2) is 12.5 Å². The molecule has 1 aliphatic heterocycles. The van der Waals surface area contributed by atoms with E-state index in [2.05, 4.69) is 32.6 Å². The van der Waals surface area contributed by atoms with E-state index in [1.54, 1.807) is 17.7 Å². The molecule has 0 radical (unpaired) electrons. The minimum absolute atomic E-state index is 0.384. The van der Waals surface area contributed by atoms with Crippen molar-refractivity contribution in [2.45, 2.75) is 31.5 Å². The zero-order valence-corrected chi connectivity index (χ0v) is 12.2. The third-order valence-corrected chi connectivity index (χ3v) is 4.16. The molecule has 4 N–H and O–H groups in total. The first-order valence-electron chi connectivity index (χ1n) is 5.79. The molecule has 2 aromatic rings. The number of nitrogens with zero attached hydrogens (tertiary/aromatic N) is 3. The Morgan fingerprint density at radius 2 is 2.11 bits per heavy atom. The number of nitrogen functional groups attached to an aromatic ring is 1. The highest BCUT2D eigenvalue weighted by Gasteiger charge is 2.42. The highest BCUT2D eigenvalue weighted by atomic mass is 127. The predicted octanol–water partition coefficient (Wildman–Crippen LogP) is 0.257. The van der Waals surface area contributed by atoms with Gasteiger partial charge in [-0.25, -0.2) is 9.97 Å². The average molecular weight is 376 g/mol. The summed E-state index contributed by atoms with van der Waals surface area (Å²) in [7, 11) is 0. The number of aromatic nitrogens is 3. The molecule has 0 amide bonds. The van der Waals surface area contributed by atoms with Crippen LogP contribution in [0.3, 0.4) is 0 Å². The molecule has 0 aliphatic carbocycles. The fourth-order valence-electron chi connectivity index (χ4n) is 2.31. The van der Waals surface area contributed by atoms with Gasteiger partial charge in [-0.05, 0) is 29.5 Å². The second kappa shape index (κ2) is 4.54. The quantitative estimate of drug-likeness (QED) is 0.617. The number of rotatable bonds is 1. The van der Waals surface area contributed by atoms with Crippen LogP contribution >= 0.6 is 22.6 Å². The Morgan fingerprint density at radius 3 is 2.74 bits per heavy atom. The minimum Gasteiger partial charge on any atom is -0.388 e. The van der Waals surface area contributed by atoms with Crippen LogP contribution in [0.4, 0.5) is 5.82 Å². The second-order valence-corrected chi connectivity index (χ2v) is 5.72. The van der Waals surface area contributed by atoms with Crippen LogP contribution in [0.1, 0.15) is 13.2 Å². The predicted molar refractivity (Wildman–Crippen MR) is 76.3 cm³/mol. The topological polar surface area (TPSA) is 106 Å². The van der Waals surface area contributed by atoms with Gasteiger partial charge in [-0.15, -0.1) is 0 Å².